The maximum absolute atomic E-state index is 10.9. The second kappa shape index (κ2) is 4.57. The van der Waals surface area contributed by atoms with Crippen LogP contribution in [-0.4, -0.2) is 18.4 Å². The van der Waals surface area contributed by atoms with Crippen molar-refractivity contribution in [1.82, 2.24) is 4.98 Å². The molecule has 0 amide bonds. The van der Waals surface area contributed by atoms with Gasteiger partial charge in [0.2, 0.25) is 0 Å². The topological polar surface area (TPSA) is 39.2 Å². The predicted octanol–water partition coefficient (Wildman–Crippen LogP) is 2.57. The second-order valence-corrected chi connectivity index (χ2v) is 3.32. The highest BCUT2D eigenvalue weighted by Gasteiger charge is 2.04. The molecule has 0 spiro atoms. The SMILES string of the molecule is COc1ccc(-c2cccnc2)cc1C=O. The lowest BCUT2D eigenvalue weighted by Crippen LogP contribution is -1.91. The normalized spacial score (nSPS) is 9.81. The number of hydrogen-bond donors (Lipinski definition) is 0. The molecule has 0 aliphatic carbocycles. The van der Waals surface area contributed by atoms with E-state index in [9.17, 15) is 4.79 Å². The molecule has 16 heavy (non-hydrogen) atoms. The Bertz CT molecular complexity index is 495. The van der Waals surface area contributed by atoms with Crippen LogP contribution < -0.4 is 4.74 Å². The fourth-order valence-corrected chi connectivity index (χ4v) is 1.54. The van der Waals surface area contributed by atoms with Crippen LogP contribution in [-0.2, 0) is 0 Å². The zero-order chi connectivity index (χ0) is 11.4. The minimum Gasteiger partial charge on any atom is -0.496 e. The molecular formula is C13H11NO2. The maximum Gasteiger partial charge on any atom is 0.153 e. The lowest BCUT2D eigenvalue weighted by Gasteiger charge is -2.06. The highest BCUT2D eigenvalue weighted by molar-refractivity contribution is 5.82. The molecule has 0 unspecified atom stereocenters. The van der Waals surface area contributed by atoms with Gasteiger partial charge in [0, 0.05) is 18.0 Å². The van der Waals surface area contributed by atoms with E-state index in [2.05, 4.69) is 4.98 Å². The van der Waals surface area contributed by atoms with Gasteiger partial charge in [0.15, 0.2) is 6.29 Å². The third-order valence-corrected chi connectivity index (χ3v) is 2.35. The molecule has 1 heterocycles. The van der Waals surface area contributed by atoms with Gasteiger partial charge in [-0.2, -0.15) is 0 Å². The Labute approximate surface area is 93.7 Å². The van der Waals surface area contributed by atoms with E-state index in [0.717, 1.165) is 17.4 Å². The summed E-state index contributed by atoms with van der Waals surface area (Å²) in [5.74, 6) is 0.586. The number of aldehydes is 1. The van der Waals surface area contributed by atoms with Crippen LogP contribution >= 0.6 is 0 Å². The number of aromatic nitrogens is 1. The molecular weight excluding hydrogens is 202 g/mol. The van der Waals surface area contributed by atoms with Crippen LogP contribution in [0.2, 0.25) is 0 Å². The smallest absolute Gasteiger partial charge is 0.153 e. The number of rotatable bonds is 3. The Kier molecular flexibility index (Phi) is 2.96. The Morgan fingerprint density at radius 2 is 2.12 bits per heavy atom. The van der Waals surface area contributed by atoms with Crippen molar-refractivity contribution in [2.75, 3.05) is 7.11 Å². The molecule has 0 radical (unpaired) electrons. The first-order valence-corrected chi connectivity index (χ1v) is 4.89. The van der Waals surface area contributed by atoms with Gasteiger partial charge >= 0.3 is 0 Å². The lowest BCUT2D eigenvalue weighted by molar-refractivity contribution is 0.112. The first-order valence-electron chi connectivity index (χ1n) is 4.89. The van der Waals surface area contributed by atoms with Crippen LogP contribution in [0.15, 0.2) is 42.7 Å². The summed E-state index contributed by atoms with van der Waals surface area (Å²) in [6.07, 6.45) is 4.27. The van der Waals surface area contributed by atoms with Gasteiger partial charge in [-0.25, -0.2) is 0 Å². The van der Waals surface area contributed by atoms with Gasteiger partial charge in [0.05, 0.1) is 12.7 Å². The minimum absolute atomic E-state index is 0.545. The van der Waals surface area contributed by atoms with E-state index in [1.807, 2.05) is 18.2 Å². The number of benzene rings is 1. The lowest BCUT2D eigenvalue weighted by atomic mass is 10.0. The highest BCUT2D eigenvalue weighted by Crippen LogP contribution is 2.24. The third-order valence-electron chi connectivity index (χ3n) is 2.35. The molecule has 0 fully saturated rings. The fraction of sp³-hybridized carbons (Fsp3) is 0.0769. The quantitative estimate of drug-likeness (QED) is 0.735. The van der Waals surface area contributed by atoms with Crippen molar-refractivity contribution in [2.24, 2.45) is 0 Å². The maximum atomic E-state index is 10.9. The summed E-state index contributed by atoms with van der Waals surface area (Å²) in [4.78, 5) is 14.9. The van der Waals surface area contributed by atoms with Gasteiger partial charge in [-0.3, -0.25) is 9.78 Å². The van der Waals surface area contributed by atoms with Gasteiger partial charge in [-0.05, 0) is 23.8 Å². The summed E-state index contributed by atoms with van der Waals surface area (Å²) >= 11 is 0. The summed E-state index contributed by atoms with van der Waals surface area (Å²) in [6.45, 7) is 0. The molecule has 0 saturated carbocycles. The van der Waals surface area contributed by atoms with E-state index in [4.69, 9.17) is 4.74 Å². The van der Waals surface area contributed by atoms with Crippen molar-refractivity contribution >= 4 is 6.29 Å². The zero-order valence-electron chi connectivity index (χ0n) is 8.88. The Morgan fingerprint density at radius 1 is 1.25 bits per heavy atom. The number of hydrogen-bond acceptors (Lipinski definition) is 3. The van der Waals surface area contributed by atoms with E-state index in [0.29, 0.717) is 11.3 Å². The molecule has 3 nitrogen and oxygen atoms in total. The van der Waals surface area contributed by atoms with Gasteiger partial charge in [0.25, 0.3) is 0 Å². The molecule has 0 saturated heterocycles. The molecule has 0 atom stereocenters. The van der Waals surface area contributed by atoms with E-state index in [-0.39, 0.29) is 0 Å². The number of methoxy groups -OCH3 is 1. The average Bonchev–Trinajstić information content (AvgIpc) is 2.39. The Balaban J connectivity index is 2.48. The van der Waals surface area contributed by atoms with Crippen LogP contribution in [0.3, 0.4) is 0 Å². The van der Waals surface area contributed by atoms with E-state index in [1.54, 1.807) is 31.6 Å². The molecule has 2 aromatic rings. The van der Waals surface area contributed by atoms with Crippen LogP contribution in [0.1, 0.15) is 10.4 Å². The van der Waals surface area contributed by atoms with Gasteiger partial charge < -0.3 is 4.74 Å². The molecule has 1 aromatic carbocycles. The monoisotopic (exact) mass is 213 g/mol. The van der Waals surface area contributed by atoms with E-state index < -0.39 is 0 Å². The Morgan fingerprint density at radius 3 is 2.75 bits per heavy atom. The Hall–Kier alpha value is -2.16. The summed E-state index contributed by atoms with van der Waals surface area (Å²) in [5.41, 5.74) is 2.48. The van der Waals surface area contributed by atoms with Crippen LogP contribution in [0.25, 0.3) is 11.1 Å². The molecule has 2 rings (SSSR count). The molecule has 0 N–H and O–H groups in total. The second-order valence-electron chi connectivity index (χ2n) is 3.32. The van der Waals surface area contributed by atoms with E-state index in [1.165, 1.54) is 0 Å². The number of pyridine rings is 1. The number of carbonyl (C=O) groups is 1. The predicted molar refractivity (Wildman–Crippen MR) is 61.6 cm³/mol. The summed E-state index contributed by atoms with van der Waals surface area (Å²) in [5, 5.41) is 0. The zero-order valence-corrected chi connectivity index (χ0v) is 8.88. The van der Waals surface area contributed by atoms with Crippen molar-refractivity contribution in [3.63, 3.8) is 0 Å². The third kappa shape index (κ3) is 1.93. The van der Waals surface area contributed by atoms with Crippen molar-refractivity contribution in [3.05, 3.63) is 48.3 Å². The van der Waals surface area contributed by atoms with Gasteiger partial charge in [-0.15, -0.1) is 0 Å². The molecule has 80 valence electrons. The van der Waals surface area contributed by atoms with Crippen molar-refractivity contribution < 1.29 is 9.53 Å². The standard InChI is InChI=1S/C13H11NO2/c1-16-13-5-4-10(7-12(13)9-15)11-3-2-6-14-8-11/h2-9H,1H3. The van der Waals surface area contributed by atoms with E-state index >= 15 is 0 Å². The van der Waals surface area contributed by atoms with Crippen LogP contribution in [0.4, 0.5) is 0 Å². The van der Waals surface area contributed by atoms with Gasteiger partial charge in [-0.1, -0.05) is 12.1 Å². The van der Waals surface area contributed by atoms with Crippen molar-refractivity contribution in [3.8, 4) is 16.9 Å². The molecule has 1 aromatic heterocycles. The van der Waals surface area contributed by atoms with Crippen molar-refractivity contribution in [1.29, 1.82) is 0 Å². The van der Waals surface area contributed by atoms with Crippen LogP contribution in [0, 0.1) is 0 Å². The molecule has 3 heteroatoms. The minimum atomic E-state index is 0.545. The summed E-state index contributed by atoms with van der Waals surface area (Å²) in [6, 6.07) is 9.29. The average molecular weight is 213 g/mol. The molecule has 0 aliphatic heterocycles. The molecule has 0 bridgehead atoms. The first kappa shape index (κ1) is 10.4. The number of carbonyl (C=O) groups excluding carboxylic acids is 1. The summed E-state index contributed by atoms with van der Waals surface area (Å²) < 4.78 is 5.08. The van der Waals surface area contributed by atoms with Crippen LogP contribution in [0.5, 0.6) is 5.75 Å². The van der Waals surface area contributed by atoms with Crippen molar-refractivity contribution in [2.45, 2.75) is 0 Å². The van der Waals surface area contributed by atoms with Gasteiger partial charge in [0.1, 0.15) is 5.75 Å². The summed E-state index contributed by atoms with van der Waals surface area (Å²) in [7, 11) is 1.55. The first-order chi connectivity index (χ1) is 7.85. The largest absolute Gasteiger partial charge is 0.496 e. The molecule has 0 aliphatic rings. The highest BCUT2D eigenvalue weighted by atomic mass is 16.5. The number of ether oxygens (including phenoxy) is 1. The fourth-order valence-electron chi connectivity index (χ4n) is 1.54. The number of nitrogens with zero attached hydrogens (tertiary/aromatic N) is 1.